The van der Waals surface area contributed by atoms with E-state index >= 15 is 0 Å². The first kappa shape index (κ1) is 22.3. The highest BCUT2D eigenvalue weighted by Crippen LogP contribution is 2.46. The third kappa shape index (κ3) is 4.35. The lowest BCUT2D eigenvalue weighted by Crippen LogP contribution is -2.54. The maximum absolute atomic E-state index is 13.1. The van der Waals surface area contributed by atoms with E-state index in [9.17, 15) is 19.2 Å². The van der Waals surface area contributed by atoms with E-state index in [0.29, 0.717) is 17.7 Å². The molecule has 1 aliphatic heterocycles. The molecule has 0 radical (unpaired) electrons. The molecule has 9 heteroatoms. The second kappa shape index (κ2) is 8.02. The molecular weight excluding hydrogens is 404 g/mol. The van der Waals surface area contributed by atoms with Crippen LogP contribution in [0.15, 0.2) is 6.07 Å². The van der Waals surface area contributed by atoms with Crippen molar-refractivity contribution >= 4 is 35.1 Å². The molecule has 2 atom stereocenters. The van der Waals surface area contributed by atoms with Gasteiger partial charge in [0.05, 0.1) is 4.88 Å². The Balaban J connectivity index is 1.60. The molecule has 0 aromatic carbocycles. The summed E-state index contributed by atoms with van der Waals surface area (Å²) in [6.07, 6.45) is 2.92. The van der Waals surface area contributed by atoms with Gasteiger partial charge in [-0.25, -0.2) is 4.79 Å². The summed E-state index contributed by atoms with van der Waals surface area (Å²) < 4.78 is 0. The number of aryl methyl sites for hydroxylation is 2. The molecule has 5 amide bonds. The van der Waals surface area contributed by atoms with Crippen LogP contribution in [0.3, 0.4) is 0 Å². The van der Waals surface area contributed by atoms with Gasteiger partial charge in [-0.15, -0.1) is 11.3 Å². The Morgan fingerprint density at radius 1 is 1.27 bits per heavy atom. The first-order chi connectivity index (χ1) is 14.0. The number of nitrogens with one attached hydrogen (secondary N) is 3. The molecule has 164 valence electrons. The van der Waals surface area contributed by atoms with Crippen LogP contribution in [0.5, 0.6) is 0 Å². The molecule has 1 saturated carbocycles. The lowest BCUT2D eigenvalue weighted by atomic mass is 9.64. The molecule has 1 saturated heterocycles. The van der Waals surface area contributed by atoms with Gasteiger partial charge in [0, 0.05) is 4.88 Å². The summed E-state index contributed by atoms with van der Waals surface area (Å²) in [5.41, 5.74) is 4.67. The van der Waals surface area contributed by atoms with Crippen molar-refractivity contribution in [2.24, 2.45) is 11.3 Å². The zero-order valence-electron chi connectivity index (χ0n) is 18.2. The Hall–Kier alpha value is -2.42. The summed E-state index contributed by atoms with van der Waals surface area (Å²) in [6.45, 7) is 9.76. The molecule has 2 heterocycles. The average Bonchev–Trinajstić information content (AvgIpc) is 3.11. The predicted molar refractivity (Wildman–Crippen MR) is 114 cm³/mol. The van der Waals surface area contributed by atoms with Gasteiger partial charge in [-0.3, -0.25) is 30.1 Å². The zero-order valence-corrected chi connectivity index (χ0v) is 19.0. The van der Waals surface area contributed by atoms with Gasteiger partial charge in [0.15, 0.2) is 0 Å². The van der Waals surface area contributed by atoms with E-state index in [4.69, 9.17) is 0 Å². The fraction of sp³-hybridized carbons (Fsp3) is 0.619. The minimum Gasteiger partial charge on any atom is -0.323 e. The minimum absolute atomic E-state index is 0.0803. The molecule has 1 aliphatic carbocycles. The van der Waals surface area contributed by atoms with Crippen LogP contribution in [0.1, 0.15) is 67.1 Å². The highest BCUT2D eigenvalue weighted by molar-refractivity contribution is 7.14. The number of carbonyl (C=O) groups excluding carboxylic acids is 4. The Kier molecular flexibility index (Phi) is 5.95. The van der Waals surface area contributed by atoms with E-state index in [2.05, 4.69) is 36.9 Å². The fourth-order valence-electron chi connectivity index (χ4n) is 5.00. The summed E-state index contributed by atoms with van der Waals surface area (Å²) in [4.78, 5) is 52.7. The predicted octanol–water partition coefficient (Wildman–Crippen LogP) is 2.52. The van der Waals surface area contributed by atoms with Crippen molar-refractivity contribution in [3.63, 3.8) is 0 Å². The van der Waals surface area contributed by atoms with Crippen LogP contribution in [0.2, 0.25) is 0 Å². The number of amides is 5. The van der Waals surface area contributed by atoms with E-state index in [0.717, 1.165) is 28.2 Å². The van der Waals surface area contributed by atoms with Gasteiger partial charge in [0.1, 0.15) is 12.1 Å². The lowest BCUT2D eigenvalue weighted by Gasteiger charge is -2.43. The van der Waals surface area contributed by atoms with Crippen molar-refractivity contribution in [2.45, 2.75) is 65.8 Å². The molecular formula is C21H30N4O4S. The highest BCUT2D eigenvalue weighted by atomic mass is 32.1. The van der Waals surface area contributed by atoms with E-state index < -0.39 is 29.9 Å². The molecule has 1 aromatic heterocycles. The number of rotatable bonds is 4. The van der Waals surface area contributed by atoms with Crippen molar-refractivity contribution in [1.29, 1.82) is 0 Å². The van der Waals surface area contributed by atoms with Crippen LogP contribution < -0.4 is 16.2 Å². The molecule has 0 bridgehead atoms. The molecule has 3 N–H and O–H groups in total. The Bertz CT molecular complexity index is 894. The largest absolute Gasteiger partial charge is 0.325 e. The number of urea groups is 1. The van der Waals surface area contributed by atoms with E-state index in [-0.39, 0.29) is 17.2 Å². The normalized spacial score (nSPS) is 25.4. The van der Waals surface area contributed by atoms with Crippen LogP contribution in [-0.4, -0.2) is 40.7 Å². The molecule has 3 rings (SSSR count). The van der Waals surface area contributed by atoms with Crippen molar-refractivity contribution in [3.8, 4) is 0 Å². The lowest BCUT2D eigenvalue weighted by molar-refractivity contribution is -0.137. The number of thiophene rings is 1. The number of imide groups is 1. The van der Waals surface area contributed by atoms with Crippen LogP contribution >= 0.6 is 11.3 Å². The number of hydrogen-bond acceptors (Lipinski definition) is 5. The monoisotopic (exact) mass is 434 g/mol. The molecule has 1 spiro atoms. The molecule has 8 nitrogen and oxygen atoms in total. The van der Waals surface area contributed by atoms with Crippen molar-refractivity contribution in [3.05, 3.63) is 21.4 Å². The van der Waals surface area contributed by atoms with Crippen LogP contribution in [-0.2, 0) is 16.0 Å². The second-order valence-corrected chi connectivity index (χ2v) is 10.5. The second-order valence-electron chi connectivity index (χ2n) is 9.33. The van der Waals surface area contributed by atoms with Crippen molar-refractivity contribution in [1.82, 2.24) is 21.1 Å². The summed E-state index contributed by atoms with van der Waals surface area (Å²) in [7, 11) is 0. The maximum atomic E-state index is 13.1. The summed E-state index contributed by atoms with van der Waals surface area (Å²) in [5.74, 6) is -1.13. The first-order valence-electron chi connectivity index (χ1n) is 10.3. The van der Waals surface area contributed by atoms with Crippen LogP contribution in [0.25, 0.3) is 0 Å². The van der Waals surface area contributed by atoms with Gasteiger partial charge in [0.2, 0.25) is 0 Å². The van der Waals surface area contributed by atoms with E-state index in [1.165, 1.54) is 11.3 Å². The third-order valence-corrected chi connectivity index (χ3v) is 7.19. The number of hydrogen-bond donors (Lipinski definition) is 3. The standard InChI is InChI=1S/C21H30N4O4S/c1-6-14-13(3)7-15(30-14)17(27)24-23-16(26)10-25-18(28)21(22-19(25)29)9-12(2)8-20(4,5)11-21/h7,12H,6,8-11H2,1-5H3,(H,22,29)(H,23,26)(H,24,27). The highest BCUT2D eigenvalue weighted by Gasteiger charge is 2.56. The van der Waals surface area contributed by atoms with E-state index in [1.807, 2.05) is 13.8 Å². The SMILES string of the molecule is CCc1sc(C(=O)NNC(=O)CN2C(=O)NC3(CC(C)CC(C)(C)C3)C2=O)cc1C. The number of nitrogens with zero attached hydrogens (tertiary/aromatic N) is 1. The van der Waals surface area contributed by atoms with Crippen LogP contribution in [0.4, 0.5) is 4.79 Å². The molecule has 1 aromatic rings. The Labute approximate surface area is 180 Å². The first-order valence-corrected chi connectivity index (χ1v) is 11.1. The van der Waals surface area contributed by atoms with Gasteiger partial charge < -0.3 is 5.32 Å². The van der Waals surface area contributed by atoms with Gasteiger partial charge in [-0.2, -0.15) is 0 Å². The quantitative estimate of drug-likeness (QED) is 0.500. The van der Waals surface area contributed by atoms with Gasteiger partial charge in [-0.05, 0) is 55.6 Å². The average molecular weight is 435 g/mol. The minimum atomic E-state index is -0.952. The maximum Gasteiger partial charge on any atom is 0.325 e. The van der Waals surface area contributed by atoms with Crippen molar-refractivity contribution < 1.29 is 19.2 Å². The molecule has 2 unspecified atom stereocenters. The van der Waals surface area contributed by atoms with E-state index in [1.54, 1.807) is 6.07 Å². The number of hydrazine groups is 1. The summed E-state index contributed by atoms with van der Waals surface area (Å²) >= 11 is 1.38. The smallest absolute Gasteiger partial charge is 0.323 e. The Morgan fingerprint density at radius 3 is 2.57 bits per heavy atom. The molecule has 2 aliphatic rings. The third-order valence-electron chi connectivity index (χ3n) is 5.81. The van der Waals surface area contributed by atoms with Gasteiger partial charge in [-0.1, -0.05) is 27.7 Å². The number of carbonyl (C=O) groups is 4. The zero-order chi connectivity index (χ0) is 22.3. The molecule has 2 fully saturated rings. The van der Waals surface area contributed by atoms with Gasteiger partial charge in [0.25, 0.3) is 17.7 Å². The van der Waals surface area contributed by atoms with Crippen molar-refractivity contribution in [2.75, 3.05) is 6.54 Å². The fourth-order valence-corrected chi connectivity index (χ4v) is 6.01. The summed E-state index contributed by atoms with van der Waals surface area (Å²) in [5, 5.41) is 2.84. The summed E-state index contributed by atoms with van der Waals surface area (Å²) in [6, 6.07) is 1.21. The molecule has 30 heavy (non-hydrogen) atoms. The van der Waals surface area contributed by atoms with Crippen LogP contribution in [0, 0.1) is 18.3 Å². The topological polar surface area (TPSA) is 108 Å². The van der Waals surface area contributed by atoms with Gasteiger partial charge >= 0.3 is 6.03 Å². The Morgan fingerprint density at radius 2 is 1.97 bits per heavy atom.